The van der Waals surface area contributed by atoms with Crippen molar-refractivity contribution in [3.05, 3.63) is 82.8 Å². The fraction of sp³-hybridized carbons (Fsp3) is 0.609. The number of aliphatic hydroxyl groups is 1. The standard InChI is InChI=1S/C14H17F3N2O2.C8H15NO2.C8H19N.C7H8O3S.C6H3ClF3N.C3H8O/c1-21-13(20)9-2-5-11(6-3-9)19-12-7-4-10(8-18-12)14(15,16)17;1-11-8(10)6-2-4-7(9)5-3-6;1-6-9(7(2)3)8(4)5;1-6-2-4-7(5-3-6)11(8,9)10;7-5-2-1-4(3-11-5)6(8,9)10;1-3(2)4/h4,7-9,11H,2-3,5-6H2,1H3,(H,18,19);6-7H,2-5,9H2,1H3;7-8H,6H2,1-5H3;2-5H,1H3,(H,8,9,10);1-3H;3-4H,1-2H3. The average molecular weight is 1000 g/mol. The molecule has 0 unspecified atom stereocenters. The number of carbonyl (C=O) groups excluding carboxylic acids is 2. The van der Waals surface area contributed by atoms with Crippen molar-refractivity contribution in [3.63, 3.8) is 0 Å². The number of alkyl halides is 6. The normalized spacial score (nSPS) is 18.2. The first-order chi connectivity index (χ1) is 31.0. The van der Waals surface area contributed by atoms with Crippen LogP contribution in [0.25, 0.3) is 0 Å². The molecule has 0 bridgehead atoms. The Hall–Kier alpha value is -4.08. The number of methoxy groups -OCH3 is 2. The van der Waals surface area contributed by atoms with E-state index in [-0.39, 0.29) is 46.0 Å². The average Bonchev–Trinajstić information content (AvgIpc) is 3.24. The molecule has 5 rings (SSSR count). The molecule has 21 heteroatoms. The van der Waals surface area contributed by atoms with Gasteiger partial charge in [-0.25, -0.2) is 9.97 Å². The van der Waals surface area contributed by atoms with Crippen LogP contribution in [0.1, 0.15) is 117 Å². The van der Waals surface area contributed by atoms with Gasteiger partial charge < -0.3 is 25.6 Å². The molecule has 2 aliphatic carbocycles. The number of halogens is 7. The summed E-state index contributed by atoms with van der Waals surface area (Å²) in [6, 6.07) is 12.1. The predicted molar refractivity (Wildman–Crippen MR) is 248 cm³/mol. The lowest BCUT2D eigenvalue weighted by Gasteiger charge is -2.28. The molecule has 0 radical (unpaired) electrons. The van der Waals surface area contributed by atoms with Crippen LogP contribution in [-0.4, -0.2) is 95.9 Å². The number of nitrogens with one attached hydrogen (secondary N) is 1. The lowest BCUT2D eigenvalue weighted by molar-refractivity contribution is -0.147. The Morgan fingerprint density at radius 2 is 1.16 bits per heavy atom. The summed E-state index contributed by atoms with van der Waals surface area (Å²) in [4.78, 5) is 31.9. The predicted octanol–water partition coefficient (Wildman–Crippen LogP) is 10.4. The molecular formula is C46H70ClF6N5O8S. The summed E-state index contributed by atoms with van der Waals surface area (Å²) in [5.74, 6) is 0.191. The summed E-state index contributed by atoms with van der Waals surface area (Å²) in [6.07, 6.45) is -0.686. The minimum atomic E-state index is -4.37. The Kier molecular flexibility index (Phi) is 29.2. The molecule has 2 aliphatic rings. The first-order valence-corrected chi connectivity index (χ1v) is 23.7. The highest BCUT2D eigenvalue weighted by Gasteiger charge is 2.32. The molecule has 13 nitrogen and oxygen atoms in total. The van der Waals surface area contributed by atoms with Crippen molar-refractivity contribution in [2.24, 2.45) is 17.6 Å². The number of pyridine rings is 2. The van der Waals surface area contributed by atoms with Gasteiger partial charge in [0.25, 0.3) is 10.1 Å². The first kappa shape index (κ1) is 62.9. The number of ether oxygens (including phenoxy) is 2. The van der Waals surface area contributed by atoms with Gasteiger partial charge in [0.2, 0.25) is 0 Å². The summed E-state index contributed by atoms with van der Waals surface area (Å²) in [5.41, 5.74) is 5.09. The van der Waals surface area contributed by atoms with Crippen LogP contribution in [0.4, 0.5) is 32.2 Å². The minimum Gasteiger partial charge on any atom is -0.469 e. The van der Waals surface area contributed by atoms with E-state index in [1.165, 1.54) is 32.4 Å². The van der Waals surface area contributed by atoms with E-state index >= 15 is 0 Å². The van der Waals surface area contributed by atoms with Gasteiger partial charge in [0.1, 0.15) is 11.0 Å². The van der Waals surface area contributed by atoms with Crippen LogP contribution in [0.15, 0.2) is 65.8 Å². The van der Waals surface area contributed by atoms with E-state index in [9.17, 15) is 44.3 Å². The summed E-state index contributed by atoms with van der Waals surface area (Å²) >= 11 is 5.28. The van der Waals surface area contributed by atoms with E-state index in [0.717, 1.165) is 75.0 Å². The number of nitrogens with two attached hydrogens (primary N) is 1. The number of benzene rings is 1. The molecule has 67 heavy (non-hydrogen) atoms. The SMILES string of the molecule is CC(C)O.CCN(C(C)C)C(C)C.COC(=O)C1CCC(N)CC1.COC(=O)C1CCC(Nc2ccc(C(F)(F)F)cn2)CC1.Cc1ccc(S(=O)(=O)O)cc1.FC(F)(F)c1ccc(Cl)nc1. The summed E-state index contributed by atoms with van der Waals surface area (Å²) in [7, 11) is -1.20. The molecule has 2 saturated carbocycles. The minimum absolute atomic E-state index is 0.0537. The first-order valence-electron chi connectivity index (χ1n) is 21.8. The third-order valence-electron chi connectivity index (χ3n) is 10.1. The number of nitrogens with zero attached hydrogens (tertiary/aromatic N) is 3. The lowest BCUT2D eigenvalue weighted by atomic mass is 9.86. The van der Waals surface area contributed by atoms with Crippen molar-refractivity contribution in [2.45, 2.75) is 154 Å². The van der Waals surface area contributed by atoms with Crippen LogP contribution in [0.3, 0.4) is 0 Å². The quantitative estimate of drug-likeness (QED) is 0.0721. The highest BCUT2D eigenvalue weighted by Crippen LogP contribution is 2.31. The summed E-state index contributed by atoms with van der Waals surface area (Å²) < 4.78 is 112. The number of esters is 2. The second-order valence-corrected chi connectivity index (χ2v) is 18.4. The third kappa shape index (κ3) is 27.5. The Bertz CT molecular complexity index is 1920. The van der Waals surface area contributed by atoms with Crippen molar-refractivity contribution in [3.8, 4) is 0 Å². The van der Waals surface area contributed by atoms with Gasteiger partial charge in [0.15, 0.2) is 0 Å². The number of hydrogen-bond acceptors (Lipinski definition) is 12. The molecule has 0 saturated heterocycles. The molecule has 2 fully saturated rings. The number of anilines is 1. The van der Waals surface area contributed by atoms with E-state index in [4.69, 9.17) is 31.7 Å². The number of aromatic nitrogens is 2. The molecule has 382 valence electrons. The van der Waals surface area contributed by atoms with Crippen LogP contribution >= 0.6 is 11.6 Å². The van der Waals surface area contributed by atoms with E-state index < -0.39 is 33.6 Å². The molecule has 2 aromatic heterocycles. The molecule has 3 aromatic rings. The number of hydrogen-bond donors (Lipinski definition) is 4. The Labute approximate surface area is 397 Å². The topological polar surface area (TPSA) is 194 Å². The van der Waals surface area contributed by atoms with E-state index in [1.807, 2.05) is 6.92 Å². The van der Waals surface area contributed by atoms with E-state index in [2.05, 4.69) is 59.5 Å². The smallest absolute Gasteiger partial charge is 0.417 e. The van der Waals surface area contributed by atoms with Crippen molar-refractivity contribution in [1.82, 2.24) is 14.9 Å². The zero-order chi connectivity index (χ0) is 51.7. The van der Waals surface area contributed by atoms with Gasteiger partial charge in [0, 0.05) is 42.7 Å². The van der Waals surface area contributed by atoms with Crippen LogP contribution in [0, 0.1) is 18.8 Å². The van der Waals surface area contributed by atoms with Gasteiger partial charge in [-0.3, -0.25) is 19.0 Å². The molecule has 0 amide bonds. The number of aliphatic hydroxyl groups excluding tert-OH is 1. The van der Waals surface area contributed by atoms with E-state index in [0.29, 0.717) is 43.0 Å². The van der Waals surface area contributed by atoms with Gasteiger partial charge in [-0.05, 0) is 143 Å². The van der Waals surface area contributed by atoms with Crippen molar-refractivity contribution in [2.75, 3.05) is 26.1 Å². The van der Waals surface area contributed by atoms with Gasteiger partial charge in [-0.1, -0.05) is 36.2 Å². The number of rotatable bonds is 8. The maximum Gasteiger partial charge on any atom is 0.417 e. The Balaban J connectivity index is 0.000000827. The highest BCUT2D eigenvalue weighted by molar-refractivity contribution is 7.85. The molecule has 0 aliphatic heterocycles. The largest absolute Gasteiger partial charge is 0.469 e. The summed E-state index contributed by atoms with van der Waals surface area (Å²) in [5, 5.41) is 11.2. The second-order valence-electron chi connectivity index (χ2n) is 16.5. The van der Waals surface area contributed by atoms with Crippen LogP contribution in [0.5, 0.6) is 0 Å². The fourth-order valence-corrected chi connectivity index (χ4v) is 7.19. The molecule has 1 aromatic carbocycles. The second kappa shape index (κ2) is 31.1. The van der Waals surface area contributed by atoms with Gasteiger partial charge in [-0.15, -0.1) is 0 Å². The number of carbonyl (C=O) groups is 2. The monoisotopic (exact) mass is 1000 g/mol. The summed E-state index contributed by atoms with van der Waals surface area (Å²) in [6.45, 7) is 17.6. The Morgan fingerprint density at radius 3 is 1.46 bits per heavy atom. The zero-order valence-corrected chi connectivity index (χ0v) is 41.6. The van der Waals surface area contributed by atoms with Crippen molar-refractivity contribution < 1.29 is 63.5 Å². The molecule has 5 N–H and O–H groups in total. The van der Waals surface area contributed by atoms with Crippen LogP contribution in [0.2, 0.25) is 5.15 Å². The highest BCUT2D eigenvalue weighted by atomic mass is 35.5. The molecular weight excluding hydrogens is 932 g/mol. The molecule has 0 spiro atoms. The Morgan fingerprint density at radius 1 is 0.761 bits per heavy atom. The zero-order valence-electron chi connectivity index (χ0n) is 40.0. The number of aryl methyl sites for hydroxylation is 1. The van der Waals surface area contributed by atoms with Crippen LogP contribution < -0.4 is 11.1 Å². The maximum absolute atomic E-state index is 12.4. The van der Waals surface area contributed by atoms with E-state index in [1.54, 1.807) is 26.0 Å². The van der Waals surface area contributed by atoms with Gasteiger partial charge >= 0.3 is 24.3 Å². The molecule has 2 heterocycles. The lowest BCUT2D eigenvalue weighted by Crippen LogP contribution is -2.36. The van der Waals surface area contributed by atoms with Gasteiger partial charge in [0.05, 0.1) is 42.1 Å². The van der Waals surface area contributed by atoms with Crippen molar-refractivity contribution in [1.29, 1.82) is 0 Å². The van der Waals surface area contributed by atoms with Gasteiger partial charge in [-0.2, -0.15) is 34.8 Å². The van der Waals surface area contributed by atoms with Crippen LogP contribution in [-0.2, 0) is 41.5 Å². The molecule has 0 atom stereocenters. The van der Waals surface area contributed by atoms with Crippen molar-refractivity contribution >= 4 is 39.5 Å². The fourth-order valence-electron chi connectivity index (χ4n) is 6.60. The maximum atomic E-state index is 12.4. The third-order valence-corrected chi connectivity index (χ3v) is 11.2.